The van der Waals surface area contributed by atoms with Gasteiger partial charge in [0.1, 0.15) is 0 Å². The second-order valence-corrected chi connectivity index (χ2v) is 4.69. The maximum atomic E-state index is 11.1. The highest BCUT2D eigenvalue weighted by atomic mass is 16.6. The third kappa shape index (κ3) is 2.99. The lowest BCUT2D eigenvalue weighted by Gasteiger charge is -2.31. The Morgan fingerprint density at radius 2 is 1.93 bits per heavy atom. The van der Waals surface area contributed by atoms with Crippen molar-refractivity contribution in [1.82, 2.24) is 0 Å². The maximum absolute atomic E-state index is 11.1. The van der Waals surface area contributed by atoms with Crippen molar-refractivity contribution < 1.29 is 9.53 Å². The second kappa shape index (κ2) is 4.26. The van der Waals surface area contributed by atoms with Crippen LogP contribution in [0.25, 0.3) is 0 Å². The van der Waals surface area contributed by atoms with Gasteiger partial charge >= 0.3 is 5.97 Å². The zero-order chi connectivity index (χ0) is 10.7. The number of rotatable bonds is 1. The summed E-state index contributed by atoms with van der Waals surface area (Å²) in [4.78, 5) is 11.1. The van der Waals surface area contributed by atoms with Gasteiger partial charge < -0.3 is 4.74 Å². The maximum Gasteiger partial charge on any atom is 0.304 e. The first-order valence-corrected chi connectivity index (χ1v) is 5.92. The standard InChI is InChI=1S/C13H18O2/c1-11(14)15-13(8-3-2-4-9-13)10-7-12-5-6-12/h12H,2-6,8-9H2,1H3. The van der Waals surface area contributed by atoms with Crippen LogP contribution in [0.4, 0.5) is 0 Å². The minimum atomic E-state index is -0.438. The van der Waals surface area contributed by atoms with Crippen molar-refractivity contribution in [2.45, 2.75) is 57.5 Å². The van der Waals surface area contributed by atoms with Crippen LogP contribution in [0.3, 0.4) is 0 Å². The molecule has 0 aromatic heterocycles. The van der Waals surface area contributed by atoms with Crippen LogP contribution in [0, 0.1) is 17.8 Å². The zero-order valence-electron chi connectivity index (χ0n) is 9.34. The molecule has 0 radical (unpaired) electrons. The van der Waals surface area contributed by atoms with Crippen LogP contribution >= 0.6 is 0 Å². The van der Waals surface area contributed by atoms with Crippen molar-refractivity contribution in [3.63, 3.8) is 0 Å². The summed E-state index contributed by atoms with van der Waals surface area (Å²) in [6.45, 7) is 1.48. The number of carbonyl (C=O) groups is 1. The summed E-state index contributed by atoms with van der Waals surface area (Å²) in [5.41, 5.74) is -0.438. The Balaban J connectivity index is 2.06. The molecule has 0 unspecified atom stereocenters. The van der Waals surface area contributed by atoms with E-state index in [0.29, 0.717) is 5.92 Å². The molecule has 2 nitrogen and oxygen atoms in total. The Hall–Kier alpha value is -0.970. The van der Waals surface area contributed by atoms with Crippen LogP contribution in [0.2, 0.25) is 0 Å². The molecule has 2 aliphatic rings. The molecule has 0 heterocycles. The number of hydrogen-bond donors (Lipinski definition) is 0. The quantitative estimate of drug-likeness (QED) is 0.487. The van der Waals surface area contributed by atoms with Crippen molar-refractivity contribution in [1.29, 1.82) is 0 Å². The molecule has 2 heteroatoms. The first-order chi connectivity index (χ1) is 7.20. The first kappa shape index (κ1) is 10.5. The van der Waals surface area contributed by atoms with Crippen molar-refractivity contribution in [2.24, 2.45) is 5.92 Å². The molecular weight excluding hydrogens is 188 g/mol. The topological polar surface area (TPSA) is 26.3 Å². The van der Waals surface area contributed by atoms with Gasteiger partial charge in [-0.1, -0.05) is 18.3 Å². The minimum Gasteiger partial charge on any atom is -0.446 e. The number of esters is 1. The van der Waals surface area contributed by atoms with Gasteiger partial charge in [-0.25, -0.2) is 0 Å². The van der Waals surface area contributed by atoms with Crippen LogP contribution in [0.1, 0.15) is 51.9 Å². The molecule has 2 aliphatic carbocycles. The Morgan fingerprint density at radius 1 is 1.27 bits per heavy atom. The lowest BCUT2D eigenvalue weighted by molar-refractivity contribution is -0.153. The highest BCUT2D eigenvalue weighted by Gasteiger charge is 2.33. The SMILES string of the molecule is CC(=O)OC1(C#CC2CC2)CCCCC1. The van der Waals surface area contributed by atoms with E-state index in [1.54, 1.807) is 0 Å². The fraction of sp³-hybridized carbons (Fsp3) is 0.769. The molecule has 0 spiro atoms. The van der Waals surface area contributed by atoms with E-state index in [4.69, 9.17) is 4.74 Å². The summed E-state index contributed by atoms with van der Waals surface area (Å²) in [5.74, 6) is 6.87. The van der Waals surface area contributed by atoms with Gasteiger partial charge in [0.05, 0.1) is 0 Å². The summed E-state index contributed by atoms with van der Waals surface area (Å²) < 4.78 is 5.44. The van der Waals surface area contributed by atoms with Gasteiger partial charge in [-0.3, -0.25) is 4.79 Å². The highest BCUT2D eigenvalue weighted by Crippen LogP contribution is 2.33. The number of hydrogen-bond acceptors (Lipinski definition) is 2. The lowest BCUT2D eigenvalue weighted by atomic mass is 9.85. The van der Waals surface area contributed by atoms with Crippen molar-refractivity contribution >= 4 is 5.97 Å². The monoisotopic (exact) mass is 206 g/mol. The summed E-state index contributed by atoms with van der Waals surface area (Å²) in [6, 6.07) is 0. The van der Waals surface area contributed by atoms with Crippen LogP contribution in [0.15, 0.2) is 0 Å². The van der Waals surface area contributed by atoms with Crippen molar-refractivity contribution in [2.75, 3.05) is 0 Å². The van der Waals surface area contributed by atoms with Gasteiger partial charge in [-0.05, 0) is 38.5 Å². The van der Waals surface area contributed by atoms with Crippen molar-refractivity contribution in [3.8, 4) is 11.8 Å². The summed E-state index contributed by atoms with van der Waals surface area (Å²) in [5, 5.41) is 0. The molecule has 2 fully saturated rings. The number of carbonyl (C=O) groups excluding carboxylic acids is 1. The van der Waals surface area contributed by atoms with Crippen LogP contribution in [-0.4, -0.2) is 11.6 Å². The Labute approximate surface area is 91.4 Å². The third-order valence-electron chi connectivity index (χ3n) is 3.08. The second-order valence-electron chi connectivity index (χ2n) is 4.69. The normalized spacial score (nSPS) is 23.8. The molecule has 0 amide bonds. The van der Waals surface area contributed by atoms with E-state index in [2.05, 4.69) is 11.8 Å². The van der Waals surface area contributed by atoms with Crippen LogP contribution in [-0.2, 0) is 9.53 Å². The van der Waals surface area contributed by atoms with Crippen molar-refractivity contribution in [3.05, 3.63) is 0 Å². The third-order valence-corrected chi connectivity index (χ3v) is 3.08. The van der Waals surface area contributed by atoms with Gasteiger partial charge in [0.25, 0.3) is 0 Å². The smallest absolute Gasteiger partial charge is 0.304 e. The van der Waals surface area contributed by atoms with E-state index < -0.39 is 5.60 Å². The fourth-order valence-corrected chi connectivity index (χ4v) is 2.11. The predicted molar refractivity (Wildman–Crippen MR) is 58.1 cm³/mol. The van der Waals surface area contributed by atoms with Crippen LogP contribution < -0.4 is 0 Å². The molecular formula is C13H18O2. The van der Waals surface area contributed by atoms with E-state index >= 15 is 0 Å². The predicted octanol–water partition coefficient (Wildman–Crippen LogP) is 2.67. The molecule has 0 saturated heterocycles. The molecule has 82 valence electrons. The summed E-state index contributed by atoms with van der Waals surface area (Å²) in [6.07, 6.45) is 7.80. The zero-order valence-corrected chi connectivity index (χ0v) is 9.34. The Bertz CT molecular complexity index is 298. The Kier molecular flexibility index (Phi) is 3.00. The average Bonchev–Trinajstić information content (AvgIpc) is 2.99. The van der Waals surface area contributed by atoms with Gasteiger partial charge in [0.2, 0.25) is 0 Å². The Morgan fingerprint density at radius 3 is 2.47 bits per heavy atom. The molecule has 0 atom stereocenters. The molecule has 0 aromatic rings. The molecule has 0 aliphatic heterocycles. The van der Waals surface area contributed by atoms with E-state index in [1.165, 1.54) is 26.2 Å². The largest absolute Gasteiger partial charge is 0.446 e. The van der Waals surface area contributed by atoms with E-state index in [-0.39, 0.29) is 5.97 Å². The molecule has 0 aromatic carbocycles. The van der Waals surface area contributed by atoms with E-state index in [0.717, 1.165) is 25.7 Å². The highest BCUT2D eigenvalue weighted by molar-refractivity contribution is 5.67. The van der Waals surface area contributed by atoms with E-state index in [1.807, 2.05) is 0 Å². The first-order valence-electron chi connectivity index (χ1n) is 5.92. The molecule has 2 rings (SSSR count). The molecule has 2 saturated carbocycles. The minimum absolute atomic E-state index is 0.193. The molecule has 0 N–H and O–H groups in total. The van der Waals surface area contributed by atoms with Gasteiger partial charge in [0.15, 0.2) is 5.60 Å². The summed E-state index contributed by atoms with van der Waals surface area (Å²) in [7, 11) is 0. The summed E-state index contributed by atoms with van der Waals surface area (Å²) >= 11 is 0. The molecule has 0 bridgehead atoms. The number of ether oxygens (including phenoxy) is 1. The average molecular weight is 206 g/mol. The fourth-order valence-electron chi connectivity index (χ4n) is 2.11. The van der Waals surface area contributed by atoms with Gasteiger partial charge in [-0.15, -0.1) is 0 Å². The van der Waals surface area contributed by atoms with Gasteiger partial charge in [-0.2, -0.15) is 0 Å². The van der Waals surface area contributed by atoms with Crippen LogP contribution in [0.5, 0.6) is 0 Å². The van der Waals surface area contributed by atoms with E-state index in [9.17, 15) is 4.79 Å². The molecule has 15 heavy (non-hydrogen) atoms. The lowest BCUT2D eigenvalue weighted by Crippen LogP contribution is -2.35. The van der Waals surface area contributed by atoms with Gasteiger partial charge in [0, 0.05) is 12.8 Å².